The van der Waals surface area contributed by atoms with Crippen LogP contribution in [0.15, 0.2) is 0 Å². The van der Waals surface area contributed by atoms with Crippen molar-refractivity contribution in [3.8, 4) is 0 Å². The largest absolute Gasteiger partial charge is 0.480 e. The lowest BCUT2D eigenvalue weighted by molar-refractivity contribution is -0.164. The minimum Gasteiger partial charge on any atom is -0.480 e. The summed E-state index contributed by atoms with van der Waals surface area (Å²) in [6, 6.07) is -0.599. The van der Waals surface area contributed by atoms with Crippen LogP contribution in [0, 0.1) is 5.92 Å². The molecule has 0 spiro atoms. The van der Waals surface area contributed by atoms with Gasteiger partial charge >= 0.3 is 5.97 Å². The third-order valence-electron chi connectivity index (χ3n) is 4.50. The average molecular weight is 271 g/mol. The van der Waals surface area contributed by atoms with Crippen LogP contribution < -0.4 is 0 Å². The summed E-state index contributed by atoms with van der Waals surface area (Å²) in [5, 5.41) is 9.36. The van der Waals surface area contributed by atoms with Crippen LogP contribution in [0.5, 0.6) is 0 Å². The molecule has 1 fully saturated rings. The van der Waals surface area contributed by atoms with Gasteiger partial charge in [0.2, 0.25) is 5.91 Å². The summed E-state index contributed by atoms with van der Waals surface area (Å²) in [7, 11) is -2.08. The zero-order valence-corrected chi connectivity index (χ0v) is 13.3. The Bertz CT molecular complexity index is 360. The van der Waals surface area contributed by atoms with Crippen LogP contribution in [0.4, 0.5) is 0 Å². The maximum Gasteiger partial charge on any atom is 0.326 e. The van der Waals surface area contributed by atoms with Crippen LogP contribution >= 0.6 is 0 Å². The van der Waals surface area contributed by atoms with Gasteiger partial charge in [0.05, 0.1) is 5.92 Å². The second-order valence-corrected chi connectivity index (χ2v) is 11.8. The lowest BCUT2D eigenvalue weighted by Crippen LogP contribution is -2.74. The molecule has 0 aromatic carbocycles. The number of nitrogens with zero attached hydrogens (tertiary/aromatic N) is 1. The number of β-lactam (4-membered cyclic amide) rings is 1. The van der Waals surface area contributed by atoms with E-state index >= 15 is 0 Å². The SMILES string of the molecule is CCC[C@@H]1C(=O)N([Si](C)(C)C(C)(C)C)[C@@H]1C(=O)O. The van der Waals surface area contributed by atoms with Crippen LogP contribution in [0.25, 0.3) is 0 Å². The molecule has 0 aromatic heterocycles. The van der Waals surface area contributed by atoms with Crippen molar-refractivity contribution in [1.82, 2.24) is 4.57 Å². The summed E-state index contributed by atoms with van der Waals surface area (Å²) < 4.78 is 1.70. The van der Waals surface area contributed by atoms with Gasteiger partial charge < -0.3 is 9.67 Å². The maximum absolute atomic E-state index is 12.3. The van der Waals surface area contributed by atoms with Crippen LogP contribution in [-0.4, -0.2) is 35.8 Å². The van der Waals surface area contributed by atoms with E-state index in [4.69, 9.17) is 0 Å². The van der Waals surface area contributed by atoms with E-state index in [0.717, 1.165) is 6.42 Å². The Morgan fingerprint density at radius 3 is 2.22 bits per heavy atom. The monoisotopic (exact) mass is 271 g/mol. The highest BCUT2D eigenvalue weighted by atomic mass is 28.3. The topological polar surface area (TPSA) is 57.6 Å². The molecule has 1 aliphatic heterocycles. The normalized spacial score (nSPS) is 25.0. The van der Waals surface area contributed by atoms with E-state index in [1.807, 2.05) is 6.92 Å². The van der Waals surface area contributed by atoms with Gasteiger partial charge in [0.25, 0.3) is 0 Å². The molecular formula is C13H25NO3Si. The second kappa shape index (κ2) is 4.68. The lowest BCUT2D eigenvalue weighted by Gasteiger charge is -2.56. The van der Waals surface area contributed by atoms with Gasteiger partial charge in [0, 0.05) is 0 Å². The van der Waals surface area contributed by atoms with Gasteiger partial charge in [-0.05, 0) is 11.5 Å². The molecule has 2 atom stereocenters. The fraction of sp³-hybridized carbons (Fsp3) is 0.846. The molecule has 1 aliphatic rings. The van der Waals surface area contributed by atoms with Crippen LogP contribution in [0.2, 0.25) is 18.1 Å². The Morgan fingerprint density at radius 1 is 1.39 bits per heavy atom. The average Bonchev–Trinajstić information content (AvgIpc) is 2.19. The number of carboxylic acid groups (broad SMARTS) is 1. The highest BCUT2D eigenvalue weighted by molar-refractivity contribution is 6.80. The smallest absolute Gasteiger partial charge is 0.326 e. The summed E-state index contributed by atoms with van der Waals surface area (Å²) in [6.45, 7) is 12.4. The van der Waals surface area contributed by atoms with Gasteiger partial charge in [0.1, 0.15) is 6.04 Å². The second-order valence-electron chi connectivity index (χ2n) is 6.70. The molecule has 1 amide bonds. The lowest BCUT2D eigenvalue weighted by atomic mass is 9.86. The molecule has 0 unspecified atom stereocenters. The third-order valence-corrected chi connectivity index (χ3v) is 9.88. The number of carbonyl (C=O) groups excluding carboxylic acids is 1. The summed E-state index contributed by atoms with van der Waals surface area (Å²) in [5.41, 5.74) is 0. The number of amides is 1. The van der Waals surface area contributed by atoms with E-state index < -0.39 is 20.2 Å². The van der Waals surface area contributed by atoms with Crippen LogP contribution in [0.3, 0.4) is 0 Å². The summed E-state index contributed by atoms with van der Waals surface area (Å²) in [5.74, 6) is -1.10. The minimum atomic E-state index is -2.08. The predicted octanol–water partition coefficient (Wildman–Crippen LogP) is 2.70. The fourth-order valence-corrected chi connectivity index (χ4v) is 4.83. The molecule has 0 bridgehead atoms. The first-order chi connectivity index (χ1) is 8.05. The molecule has 1 saturated heterocycles. The first kappa shape index (κ1) is 15.2. The molecule has 1 N–H and O–H groups in total. The number of carbonyl (C=O) groups is 2. The Kier molecular flexibility index (Phi) is 3.96. The molecule has 0 saturated carbocycles. The van der Waals surface area contributed by atoms with Crippen LogP contribution in [-0.2, 0) is 9.59 Å². The fourth-order valence-electron chi connectivity index (χ4n) is 2.41. The predicted molar refractivity (Wildman–Crippen MR) is 73.9 cm³/mol. The minimum absolute atomic E-state index is 0.0203. The van der Waals surface area contributed by atoms with Crippen molar-refractivity contribution in [2.45, 2.75) is 64.7 Å². The Labute approximate surface area is 110 Å². The Balaban J connectivity index is 3.03. The first-order valence-corrected chi connectivity index (χ1v) is 9.56. The van der Waals surface area contributed by atoms with E-state index in [1.165, 1.54) is 0 Å². The molecule has 0 radical (unpaired) electrons. The molecule has 0 aromatic rings. The van der Waals surface area contributed by atoms with Gasteiger partial charge in [-0.1, -0.05) is 47.2 Å². The van der Waals surface area contributed by atoms with Crippen molar-refractivity contribution in [2.75, 3.05) is 0 Å². The van der Waals surface area contributed by atoms with Crippen molar-refractivity contribution < 1.29 is 14.7 Å². The number of aliphatic carboxylic acids is 1. The van der Waals surface area contributed by atoms with E-state index in [9.17, 15) is 14.7 Å². The number of hydrogen-bond donors (Lipinski definition) is 1. The molecule has 4 nitrogen and oxygen atoms in total. The van der Waals surface area contributed by atoms with Crippen molar-refractivity contribution in [2.24, 2.45) is 5.92 Å². The standard InChI is InChI=1S/C13H25NO3Si/c1-7-8-9-10(12(16)17)14(11(9)15)18(5,6)13(2,3)4/h9-10H,7-8H2,1-6H3,(H,16,17)/t9-,10-/m0/s1. The van der Waals surface area contributed by atoms with E-state index in [2.05, 4.69) is 33.9 Å². The Hall–Kier alpha value is -0.843. The summed E-state index contributed by atoms with van der Waals surface area (Å²) >= 11 is 0. The van der Waals surface area contributed by atoms with Gasteiger partial charge in [-0.25, -0.2) is 4.79 Å². The van der Waals surface area contributed by atoms with E-state index in [-0.39, 0.29) is 16.9 Å². The van der Waals surface area contributed by atoms with E-state index in [0.29, 0.717) is 6.42 Å². The molecule has 1 heterocycles. The van der Waals surface area contributed by atoms with Crippen LogP contribution in [0.1, 0.15) is 40.5 Å². The first-order valence-electron chi connectivity index (χ1n) is 6.61. The maximum atomic E-state index is 12.3. The molecule has 0 aliphatic carbocycles. The summed E-state index contributed by atoms with van der Waals surface area (Å²) in [4.78, 5) is 23.7. The summed E-state index contributed by atoms with van der Waals surface area (Å²) in [6.07, 6.45) is 1.53. The van der Waals surface area contributed by atoms with Crippen molar-refractivity contribution in [3.05, 3.63) is 0 Å². The molecule has 104 valence electrons. The highest BCUT2D eigenvalue weighted by Gasteiger charge is 2.59. The van der Waals surface area contributed by atoms with Crippen molar-refractivity contribution in [3.63, 3.8) is 0 Å². The zero-order valence-electron chi connectivity index (χ0n) is 12.3. The van der Waals surface area contributed by atoms with Crippen molar-refractivity contribution >= 4 is 20.1 Å². The van der Waals surface area contributed by atoms with Gasteiger partial charge in [-0.15, -0.1) is 0 Å². The molecular weight excluding hydrogens is 246 g/mol. The highest BCUT2D eigenvalue weighted by Crippen LogP contribution is 2.45. The zero-order chi connectivity index (χ0) is 14.3. The third kappa shape index (κ3) is 2.20. The molecule has 1 rings (SSSR count). The number of rotatable bonds is 4. The number of carboxylic acids is 1. The quantitative estimate of drug-likeness (QED) is 0.632. The van der Waals surface area contributed by atoms with E-state index in [1.54, 1.807) is 4.57 Å². The van der Waals surface area contributed by atoms with Crippen molar-refractivity contribution in [1.29, 1.82) is 0 Å². The number of hydrogen-bond acceptors (Lipinski definition) is 2. The van der Waals surface area contributed by atoms with Gasteiger partial charge in [-0.2, -0.15) is 0 Å². The molecule has 18 heavy (non-hydrogen) atoms. The molecule has 5 heteroatoms. The van der Waals surface area contributed by atoms with Gasteiger partial charge in [0.15, 0.2) is 8.24 Å². The van der Waals surface area contributed by atoms with Gasteiger partial charge in [-0.3, -0.25) is 4.79 Å². The Morgan fingerprint density at radius 2 is 1.89 bits per heavy atom.